The molecule has 0 saturated carbocycles. The molecule has 0 aromatic carbocycles. The Balaban J connectivity index is 4.17. The second-order valence-corrected chi connectivity index (χ2v) is 18.1. The minimum atomic E-state index is -4.35. The van der Waals surface area contributed by atoms with E-state index in [1.54, 1.807) is 6.08 Å². The largest absolute Gasteiger partial charge is 0.472 e. The van der Waals surface area contributed by atoms with Crippen LogP contribution in [0.5, 0.6) is 0 Å². The van der Waals surface area contributed by atoms with Gasteiger partial charge in [0.1, 0.15) is 0 Å². The van der Waals surface area contributed by atoms with Gasteiger partial charge in [-0.05, 0) is 57.8 Å². The van der Waals surface area contributed by atoms with Crippen molar-refractivity contribution in [1.82, 2.24) is 5.32 Å². The number of amides is 1. The molecule has 0 aromatic heterocycles. The third-order valence-electron chi connectivity index (χ3n) is 10.9. The third kappa shape index (κ3) is 42.8. The van der Waals surface area contributed by atoms with Crippen LogP contribution in [0.1, 0.15) is 239 Å². The van der Waals surface area contributed by atoms with Crippen molar-refractivity contribution in [2.45, 2.75) is 251 Å². The normalized spacial score (nSPS) is 14.2. The molecule has 0 spiro atoms. The lowest BCUT2D eigenvalue weighted by atomic mass is 10.0. The van der Waals surface area contributed by atoms with Gasteiger partial charge in [0.25, 0.3) is 0 Å². The Labute approximate surface area is 359 Å². The molecule has 0 bridgehead atoms. The number of phosphoric acid groups is 1. The predicted octanol–water partition coefficient (Wildman–Crippen LogP) is 14.3. The number of rotatable bonds is 46. The fourth-order valence-electron chi connectivity index (χ4n) is 7.20. The molecule has 8 nitrogen and oxygen atoms in total. The smallest absolute Gasteiger partial charge is 0.387 e. The van der Waals surface area contributed by atoms with Crippen LogP contribution in [-0.4, -0.2) is 47.8 Å². The van der Waals surface area contributed by atoms with Crippen LogP contribution in [0.3, 0.4) is 0 Å². The SMILES string of the molecule is CCCCCCCC/C=C\CCCCCCCCCCCC(=O)NC(COP(=O)(O)OCCN)C(O)/C=C/CC/C=C/CCCCCCCCCCCCCCCC. The number of carbonyl (C=O) groups excluding carboxylic acids is 1. The van der Waals surface area contributed by atoms with Crippen LogP contribution >= 0.6 is 7.82 Å². The van der Waals surface area contributed by atoms with Crippen molar-refractivity contribution in [3.8, 4) is 0 Å². The highest BCUT2D eigenvalue weighted by Crippen LogP contribution is 2.43. The maximum absolute atomic E-state index is 12.8. The minimum absolute atomic E-state index is 0.0740. The Hall–Kier alpha value is -1.28. The Bertz CT molecular complexity index is 1010. The highest BCUT2D eigenvalue weighted by molar-refractivity contribution is 7.47. The first-order chi connectivity index (χ1) is 28.4. The van der Waals surface area contributed by atoms with Gasteiger partial charge in [0.05, 0.1) is 25.4 Å². The highest BCUT2D eigenvalue weighted by Gasteiger charge is 2.26. The van der Waals surface area contributed by atoms with E-state index in [0.29, 0.717) is 6.42 Å². The van der Waals surface area contributed by atoms with Gasteiger partial charge in [0, 0.05) is 13.0 Å². The monoisotopic (exact) mass is 839 g/mol. The summed E-state index contributed by atoms with van der Waals surface area (Å²) in [5.41, 5.74) is 5.38. The summed E-state index contributed by atoms with van der Waals surface area (Å²) in [6.45, 7) is 4.13. The summed E-state index contributed by atoms with van der Waals surface area (Å²) in [5.74, 6) is -0.204. The maximum Gasteiger partial charge on any atom is 0.472 e. The van der Waals surface area contributed by atoms with E-state index in [1.165, 1.54) is 180 Å². The average molecular weight is 839 g/mol. The molecule has 0 aliphatic rings. The molecule has 342 valence electrons. The molecule has 3 unspecified atom stereocenters. The Morgan fingerprint density at radius 2 is 0.914 bits per heavy atom. The molecule has 9 heteroatoms. The zero-order valence-electron chi connectivity index (χ0n) is 38.0. The average Bonchev–Trinajstić information content (AvgIpc) is 3.21. The van der Waals surface area contributed by atoms with Crippen molar-refractivity contribution < 1.29 is 28.4 Å². The first-order valence-corrected chi connectivity index (χ1v) is 26.1. The van der Waals surface area contributed by atoms with E-state index in [4.69, 9.17) is 14.8 Å². The molecule has 5 N–H and O–H groups in total. The fraction of sp³-hybridized carbons (Fsp3) is 0.857. The number of nitrogens with two attached hydrogens (primary N) is 1. The summed E-state index contributed by atoms with van der Waals surface area (Å²) in [6.07, 6.45) is 54.9. The van der Waals surface area contributed by atoms with Gasteiger partial charge >= 0.3 is 7.82 Å². The van der Waals surface area contributed by atoms with Crippen molar-refractivity contribution in [3.05, 3.63) is 36.5 Å². The molecule has 0 aromatic rings. The van der Waals surface area contributed by atoms with E-state index in [-0.39, 0.29) is 25.7 Å². The number of aliphatic hydroxyl groups is 1. The number of hydrogen-bond donors (Lipinski definition) is 4. The Morgan fingerprint density at radius 1 is 0.552 bits per heavy atom. The first-order valence-electron chi connectivity index (χ1n) is 24.6. The summed E-state index contributed by atoms with van der Waals surface area (Å²) < 4.78 is 22.2. The molecule has 3 atom stereocenters. The maximum atomic E-state index is 12.8. The predicted molar refractivity (Wildman–Crippen MR) is 249 cm³/mol. The number of aliphatic hydroxyl groups excluding tert-OH is 1. The van der Waals surface area contributed by atoms with Crippen LogP contribution in [0.4, 0.5) is 0 Å². The molecule has 0 fully saturated rings. The molecule has 58 heavy (non-hydrogen) atoms. The first kappa shape index (κ1) is 56.7. The van der Waals surface area contributed by atoms with E-state index < -0.39 is 20.0 Å². The minimum Gasteiger partial charge on any atom is -0.387 e. The lowest BCUT2D eigenvalue weighted by molar-refractivity contribution is -0.123. The van der Waals surface area contributed by atoms with Crippen molar-refractivity contribution in [2.75, 3.05) is 19.8 Å². The Morgan fingerprint density at radius 3 is 1.33 bits per heavy atom. The second-order valence-electron chi connectivity index (χ2n) is 16.7. The van der Waals surface area contributed by atoms with E-state index in [9.17, 15) is 19.4 Å². The topological polar surface area (TPSA) is 131 Å². The van der Waals surface area contributed by atoms with Crippen molar-refractivity contribution in [2.24, 2.45) is 5.73 Å². The van der Waals surface area contributed by atoms with Gasteiger partial charge < -0.3 is 21.1 Å². The van der Waals surface area contributed by atoms with E-state index in [2.05, 4.69) is 43.5 Å². The molecule has 0 aliphatic heterocycles. The molecule has 0 heterocycles. The summed E-state index contributed by atoms with van der Waals surface area (Å²) >= 11 is 0. The number of hydrogen-bond acceptors (Lipinski definition) is 6. The lowest BCUT2D eigenvalue weighted by Crippen LogP contribution is -2.45. The lowest BCUT2D eigenvalue weighted by Gasteiger charge is -2.23. The second kappa shape index (κ2) is 45.3. The van der Waals surface area contributed by atoms with Crippen molar-refractivity contribution in [1.29, 1.82) is 0 Å². The zero-order valence-corrected chi connectivity index (χ0v) is 38.9. The summed E-state index contributed by atoms with van der Waals surface area (Å²) in [5, 5.41) is 13.7. The van der Waals surface area contributed by atoms with Crippen LogP contribution in [0.15, 0.2) is 36.5 Å². The van der Waals surface area contributed by atoms with Crippen LogP contribution < -0.4 is 11.1 Å². The quantitative estimate of drug-likeness (QED) is 0.0273. The molecular formula is C49H95N2O6P. The van der Waals surface area contributed by atoms with Gasteiger partial charge in [-0.2, -0.15) is 0 Å². The van der Waals surface area contributed by atoms with Gasteiger partial charge in [-0.15, -0.1) is 0 Å². The summed E-state index contributed by atoms with van der Waals surface area (Å²) in [4.78, 5) is 22.8. The number of unbranched alkanes of at least 4 members (excludes halogenated alkanes) is 30. The molecule has 0 aliphatic carbocycles. The summed E-state index contributed by atoms with van der Waals surface area (Å²) in [7, 11) is -4.35. The number of nitrogens with one attached hydrogen (secondary N) is 1. The van der Waals surface area contributed by atoms with Crippen LogP contribution in [0, 0.1) is 0 Å². The van der Waals surface area contributed by atoms with Gasteiger partial charge in [0.2, 0.25) is 5.91 Å². The molecule has 0 saturated heterocycles. The van der Waals surface area contributed by atoms with Gasteiger partial charge in [-0.1, -0.05) is 211 Å². The van der Waals surface area contributed by atoms with Crippen LogP contribution in [-0.2, 0) is 18.4 Å². The van der Waals surface area contributed by atoms with E-state index in [0.717, 1.165) is 38.5 Å². The molecule has 0 rings (SSSR count). The summed E-state index contributed by atoms with van der Waals surface area (Å²) in [6, 6.07) is -0.877. The highest BCUT2D eigenvalue weighted by atomic mass is 31.2. The molecular weight excluding hydrogens is 744 g/mol. The Kier molecular flexibility index (Phi) is 44.3. The van der Waals surface area contributed by atoms with E-state index >= 15 is 0 Å². The van der Waals surface area contributed by atoms with Crippen molar-refractivity contribution >= 4 is 13.7 Å². The standard InChI is InChI=1S/C49H95N2O6P/c1-3-5-7-9-11-13-15-17-19-21-23-25-26-28-30-32-34-36-38-40-42-48(52)47(46-57-58(54,55)56-45-44-50)51-49(53)43-41-39-37-35-33-31-29-27-24-22-20-18-16-14-12-10-8-6-4-2/h18,20,32,34,40,42,47-48,52H,3-17,19,21-31,33,35-39,41,43-46,50H2,1-2H3,(H,51,53)(H,54,55)/b20-18-,34-32+,42-40+. The van der Waals surface area contributed by atoms with Crippen LogP contribution in [0.2, 0.25) is 0 Å². The number of allylic oxidation sites excluding steroid dienone is 5. The van der Waals surface area contributed by atoms with Gasteiger partial charge in [-0.3, -0.25) is 13.8 Å². The van der Waals surface area contributed by atoms with E-state index in [1.807, 2.05) is 6.08 Å². The molecule has 1 amide bonds. The van der Waals surface area contributed by atoms with Crippen molar-refractivity contribution in [3.63, 3.8) is 0 Å². The number of carbonyl (C=O) groups is 1. The molecule has 0 radical (unpaired) electrons. The van der Waals surface area contributed by atoms with Gasteiger partial charge in [0.15, 0.2) is 0 Å². The third-order valence-corrected chi connectivity index (χ3v) is 11.9. The van der Waals surface area contributed by atoms with Gasteiger partial charge in [-0.25, -0.2) is 4.57 Å². The van der Waals surface area contributed by atoms with Crippen LogP contribution in [0.25, 0.3) is 0 Å². The number of phosphoric ester groups is 1. The fourth-order valence-corrected chi connectivity index (χ4v) is 7.96. The zero-order chi connectivity index (χ0) is 42.5.